The summed E-state index contributed by atoms with van der Waals surface area (Å²) in [6.45, 7) is 2.54. The highest BCUT2D eigenvalue weighted by Crippen LogP contribution is 2.31. The van der Waals surface area contributed by atoms with Crippen molar-refractivity contribution in [2.75, 3.05) is 26.3 Å². The first-order chi connectivity index (χ1) is 13.6. The molecule has 0 aliphatic carbocycles. The number of morpholine rings is 1. The van der Waals surface area contributed by atoms with Crippen LogP contribution in [0.15, 0.2) is 53.0 Å². The van der Waals surface area contributed by atoms with E-state index in [1.165, 1.54) is 6.07 Å². The molecular formula is C18H17BrN6O3. The molecule has 9 nitrogen and oxygen atoms in total. The van der Waals surface area contributed by atoms with Crippen molar-refractivity contribution in [3.8, 4) is 5.69 Å². The van der Waals surface area contributed by atoms with Gasteiger partial charge >= 0.3 is 0 Å². The molecule has 1 fully saturated rings. The number of aromatic nitrogens is 4. The normalized spacial score (nSPS) is 16.0. The number of nitrogens with zero attached hydrogens (tertiary/aromatic N) is 6. The highest BCUT2D eigenvalue weighted by Gasteiger charge is 2.30. The fourth-order valence-corrected chi connectivity index (χ4v) is 3.56. The summed E-state index contributed by atoms with van der Waals surface area (Å²) in [5, 5.41) is 23.6. The molecule has 10 heteroatoms. The maximum atomic E-state index is 11.3. The molecule has 28 heavy (non-hydrogen) atoms. The van der Waals surface area contributed by atoms with Gasteiger partial charge in [0.2, 0.25) is 0 Å². The van der Waals surface area contributed by atoms with Crippen LogP contribution in [-0.2, 0) is 4.74 Å². The quantitative estimate of drug-likeness (QED) is 0.440. The van der Waals surface area contributed by atoms with Crippen molar-refractivity contribution >= 4 is 21.6 Å². The second-order valence-electron chi connectivity index (χ2n) is 6.33. The minimum atomic E-state index is -0.391. The van der Waals surface area contributed by atoms with Crippen LogP contribution in [0.4, 0.5) is 5.69 Å². The zero-order valence-electron chi connectivity index (χ0n) is 14.8. The van der Waals surface area contributed by atoms with Crippen LogP contribution in [0, 0.1) is 10.1 Å². The average molecular weight is 445 g/mol. The number of rotatable bonds is 5. The second-order valence-corrected chi connectivity index (χ2v) is 7.24. The third-order valence-electron chi connectivity index (χ3n) is 4.62. The topological polar surface area (TPSA) is 99.2 Å². The fourth-order valence-electron chi connectivity index (χ4n) is 3.30. The van der Waals surface area contributed by atoms with Gasteiger partial charge in [0, 0.05) is 29.7 Å². The first-order valence-corrected chi connectivity index (χ1v) is 9.53. The summed E-state index contributed by atoms with van der Waals surface area (Å²) in [7, 11) is 0. The number of non-ortho nitro benzene ring substituents is 1. The van der Waals surface area contributed by atoms with E-state index in [-0.39, 0.29) is 11.7 Å². The van der Waals surface area contributed by atoms with Crippen LogP contribution in [0.5, 0.6) is 0 Å². The minimum absolute atomic E-state index is 0.0402. The van der Waals surface area contributed by atoms with Crippen LogP contribution in [-0.4, -0.2) is 56.3 Å². The Morgan fingerprint density at radius 2 is 1.89 bits per heavy atom. The summed E-state index contributed by atoms with van der Waals surface area (Å²) in [4.78, 5) is 13.1. The van der Waals surface area contributed by atoms with E-state index in [1.807, 2.05) is 30.3 Å². The molecule has 1 aliphatic heterocycles. The van der Waals surface area contributed by atoms with Gasteiger partial charge in [-0.3, -0.25) is 15.0 Å². The van der Waals surface area contributed by atoms with E-state index < -0.39 is 4.92 Å². The number of hydrogen-bond donors (Lipinski definition) is 0. The predicted molar refractivity (Wildman–Crippen MR) is 104 cm³/mol. The molecule has 3 aromatic rings. The van der Waals surface area contributed by atoms with Crippen molar-refractivity contribution in [2.45, 2.75) is 6.04 Å². The smallest absolute Gasteiger partial charge is 0.269 e. The van der Waals surface area contributed by atoms with Crippen LogP contribution >= 0.6 is 15.9 Å². The van der Waals surface area contributed by atoms with Crippen LogP contribution in [0.25, 0.3) is 5.69 Å². The molecule has 2 aromatic carbocycles. The van der Waals surface area contributed by atoms with Crippen molar-refractivity contribution in [1.82, 2.24) is 25.1 Å². The predicted octanol–water partition coefficient (Wildman–Crippen LogP) is 2.75. The number of ether oxygens (including phenoxy) is 1. The van der Waals surface area contributed by atoms with E-state index in [0.717, 1.165) is 15.7 Å². The molecule has 0 N–H and O–H groups in total. The Morgan fingerprint density at radius 1 is 1.14 bits per heavy atom. The van der Waals surface area contributed by atoms with Crippen molar-refractivity contribution < 1.29 is 9.66 Å². The molecule has 144 valence electrons. The summed E-state index contributed by atoms with van der Waals surface area (Å²) in [6, 6.07) is 13.9. The largest absolute Gasteiger partial charge is 0.379 e. The molecule has 0 amide bonds. The van der Waals surface area contributed by atoms with E-state index in [2.05, 4.69) is 36.4 Å². The zero-order chi connectivity index (χ0) is 19.5. The number of nitro benzene ring substituents is 1. The Balaban J connectivity index is 1.81. The lowest BCUT2D eigenvalue weighted by molar-refractivity contribution is -0.384. The zero-order valence-corrected chi connectivity index (χ0v) is 16.4. The SMILES string of the molecule is O=[N+]([O-])c1cccc(C(c2nnnn2-c2ccc(Br)cc2)N2CCOCC2)c1. The summed E-state index contributed by atoms with van der Waals surface area (Å²) in [5.41, 5.74) is 1.62. The first kappa shape index (κ1) is 18.7. The Bertz CT molecular complexity index is 971. The van der Waals surface area contributed by atoms with Crippen LogP contribution in [0.2, 0.25) is 0 Å². The van der Waals surface area contributed by atoms with Gasteiger partial charge in [0.15, 0.2) is 5.82 Å². The van der Waals surface area contributed by atoms with Crippen molar-refractivity contribution in [3.05, 3.63) is 74.5 Å². The van der Waals surface area contributed by atoms with E-state index in [9.17, 15) is 10.1 Å². The van der Waals surface area contributed by atoms with Crippen LogP contribution < -0.4 is 0 Å². The van der Waals surface area contributed by atoms with Crippen LogP contribution in [0.3, 0.4) is 0 Å². The summed E-state index contributed by atoms with van der Waals surface area (Å²) in [5.74, 6) is 0.602. The molecule has 2 heterocycles. The molecule has 1 aromatic heterocycles. The maximum Gasteiger partial charge on any atom is 0.269 e. The monoisotopic (exact) mass is 444 g/mol. The standard InChI is InChI=1S/C18H17BrN6O3/c19-14-4-6-15(7-5-14)24-18(20-21-22-24)17(23-8-10-28-11-9-23)13-2-1-3-16(12-13)25(26)27/h1-7,12,17H,8-11H2. The number of nitro groups is 1. The van der Waals surface area contributed by atoms with E-state index in [4.69, 9.17) is 4.74 Å². The molecule has 1 saturated heterocycles. The lowest BCUT2D eigenvalue weighted by Gasteiger charge is -2.33. The Morgan fingerprint density at radius 3 is 2.61 bits per heavy atom. The summed E-state index contributed by atoms with van der Waals surface area (Å²) in [6.07, 6.45) is 0. The maximum absolute atomic E-state index is 11.3. The van der Waals surface area contributed by atoms with Crippen LogP contribution in [0.1, 0.15) is 17.4 Å². The second kappa shape index (κ2) is 8.13. The Kier molecular flexibility index (Phi) is 5.42. The Hall–Kier alpha value is -2.69. The van der Waals surface area contributed by atoms with Gasteiger partial charge in [0.25, 0.3) is 5.69 Å². The van der Waals surface area contributed by atoms with E-state index >= 15 is 0 Å². The number of hydrogen-bond acceptors (Lipinski definition) is 7. The number of benzene rings is 2. The molecular weight excluding hydrogens is 428 g/mol. The molecule has 1 atom stereocenters. The Labute approximate surface area is 169 Å². The molecule has 1 unspecified atom stereocenters. The molecule has 0 saturated carbocycles. The van der Waals surface area contributed by atoms with Crippen molar-refractivity contribution in [3.63, 3.8) is 0 Å². The number of halogens is 1. The molecule has 0 spiro atoms. The minimum Gasteiger partial charge on any atom is -0.379 e. The lowest BCUT2D eigenvalue weighted by atomic mass is 10.0. The molecule has 0 radical (unpaired) electrons. The van der Waals surface area contributed by atoms with Gasteiger partial charge in [0.1, 0.15) is 0 Å². The van der Waals surface area contributed by atoms with Gasteiger partial charge in [0.05, 0.1) is 29.9 Å². The van der Waals surface area contributed by atoms with Gasteiger partial charge in [-0.25, -0.2) is 0 Å². The third kappa shape index (κ3) is 3.79. The highest BCUT2D eigenvalue weighted by atomic mass is 79.9. The van der Waals surface area contributed by atoms with Gasteiger partial charge in [-0.1, -0.05) is 28.1 Å². The first-order valence-electron chi connectivity index (χ1n) is 8.74. The van der Waals surface area contributed by atoms with E-state index in [0.29, 0.717) is 32.1 Å². The van der Waals surface area contributed by atoms with Crippen molar-refractivity contribution in [2.24, 2.45) is 0 Å². The highest BCUT2D eigenvalue weighted by molar-refractivity contribution is 9.10. The third-order valence-corrected chi connectivity index (χ3v) is 5.15. The average Bonchev–Trinajstić information content (AvgIpc) is 3.19. The molecule has 4 rings (SSSR count). The lowest BCUT2D eigenvalue weighted by Crippen LogP contribution is -2.40. The fraction of sp³-hybridized carbons (Fsp3) is 0.278. The summed E-state index contributed by atoms with van der Waals surface area (Å²) >= 11 is 3.43. The van der Waals surface area contributed by atoms with E-state index in [1.54, 1.807) is 16.8 Å². The molecule has 0 bridgehead atoms. The molecule has 1 aliphatic rings. The van der Waals surface area contributed by atoms with Gasteiger partial charge in [-0.2, -0.15) is 4.68 Å². The van der Waals surface area contributed by atoms with Gasteiger partial charge < -0.3 is 4.74 Å². The van der Waals surface area contributed by atoms with Gasteiger partial charge in [-0.15, -0.1) is 5.10 Å². The number of tetrazole rings is 1. The summed E-state index contributed by atoms with van der Waals surface area (Å²) < 4.78 is 8.10. The van der Waals surface area contributed by atoms with Crippen molar-refractivity contribution in [1.29, 1.82) is 0 Å². The van der Waals surface area contributed by atoms with Gasteiger partial charge in [-0.05, 0) is 40.3 Å².